The van der Waals surface area contributed by atoms with Crippen LogP contribution in [0, 0.1) is 29.6 Å². The van der Waals surface area contributed by atoms with E-state index in [0.717, 1.165) is 11.3 Å². The van der Waals surface area contributed by atoms with Crippen LogP contribution in [0.2, 0.25) is 0 Å². The lowest BCUT2D eigenvalue weighted by Gasteiger charge is -2.07. The molecular weight excluding hydrogens is 188 g/mol. The molecule has 0 bridgehead atoms. The monoisotopic (exact) mass is 200 g/mol. The molecule has 0 radical (unpaired) electrons. The summed E-state index contributed by atoms with van der Waals surface area (Å²) >= 11 is 0. The zero-order chi connectivity index (χ0) is 11.1. The number of unbranched alkanes of at least 4 members (excludes halogenated alkanes) is 1. The fraction of sp³-hybridized carbons (Fsp3) is 0.333. The summed E-state index contributed by atoms with van der Waals surface area (Å²) in [5, 5.41) is 17.1. The van der Waals surface area contributed by atoms with Gasteiger partial charge in [0.15, 0.2) is 0 Å². The van der Waals surface area contributed by atoms with Crippen molar-refractivity contribution < 1.29 is 4.74 Å². The molecule has 3 heteroatoms. The molecule has 0 amide bonds. The van der Waals surface area contributed by atoms with Crippen molar-refractivity contribution in [1.82, 2.24) is 0 Å². The van der Waals surface area contributed by atoms with Gasteiger partial charge >= 0.3 is 0 Å². The second kappa shape index (κ2) is 5.67. The summed E-state index contributed by atoms with van der Waals surface area (Å²) in [7, 11) is 0. The summed E-state index contributed by atoms with van der Waals surface area (Å²) in [6.45, 7) is 2.45. The number of nitrogens with zero attached hydrogens (tertiary/aromatic N) is 2. The van der Waals surface area contributed by atoms with E-state index in [9.17, 15) is 0 Å². The Morgan fingerprint density at radius 2 is 2.13 bits per heavy atom. The van der Waals surface area contributed by atoms with Crippen molar-refractivity contribution in [1.29, 1.82) is 10.5 Å². The van der Waals surface area contributed by atoms with E-state index < -0.39 is 0 Å². The highest BCUT2D eigenvalue weighted by molar-refractivity contribution is 5.41. The molecule has 0 aliphatic rings. The van der Waals surface area contributed by atoms with Gasteiger partial charge in [0.2, 0.25) is 0 Å². The standard InChI is InChI=1S/C12H12N2O/c1-10-4-5-11(9-14)8-12(10)15-7-3-2-6-13/h4-5,8H,2-3,7H2,1H3. The molecule has 0 heterocycles. The van der Waals surface area contributed by atoms with Gasteiger partial charge in [-0.05, 0) is 31.0 Å². The summed E-state index contributed by atoms with van der Waals surface area (Å²) in [6, 6.07) is 9.47. The zero-order valence-corrected chi connectivity index (χ0v) is 8.66. The second-order valence-corrected chi connectivity index (χ2v) is 3.20. The summed E-state index contributed by atoms with van der Waals surface area (Å²) in [5.74, 6) is 0.729. The van der Waals surface area contributed by atoms with Crippen LogP contribution in [0.15, 0.2) is 18.2 Å². The van der Waals surface area contributed by atoms with Crippen molar-refractivity contribution in [2.75, 3.05) is 6.61 Å². The number of ether oxygens (including phenoxy) is 1. The third-order valence-electron chi connectivity index (χ3n) is 2.01. The van der Waals surface area contributed by atoms with Crippen LogP contribution in [-0.2, 0) is 0 Å². The lowest BCUT2D eigenvalue weighted by Crippen LogP contribution is -1.98. The highest BCUT2D eigenvalue weighted by Gasteiger charge is 2.00. The van der Waals surface area contributed by atoms with Crippen molar-refractivity contribution in [3.05, 3.63) is 29.3 Å². The molecule has 0 aliphatic heterocycles. The molecule has 0 saturated carbocycles. The second-order valence-electron chi connectivity index (χ2n) is 3.20. The molecule has 0 atom stereocenters. The Labute approximate surface area is 89.5 Å². The molecule has 0 saturated heterocycles. The Morgan fingerprint density at radius 1 is 1.33 bits per heavy atom. The third-order valence-corrected chi connectivity index (χ3v) is 2.01. The normalized spacial score (nSPS) is 9.00. The number of benzene rings is 1. The first-order valence-electron chi connectivity index (χ1n) is 4.78. The van der Waals surface area contributed by atoms with Gasteiger partial charge in [-0.2, -0.15) is 10.5 Å². The van der Waals surface area contributed by atoms with E-state index in [1.54, 1.807) is 12.1 Å². The molecule has 0 aliphatic carbocycles. The molecule has 76 valence electrons. The Balaban J connectivity index is 2.61. The van der Waals surface area contributed by atoms with Gasteiger partial charge in [0.25, 0.3) is 0 Å². The lowest BCUT2D eigenvalue weighted by molar-refractivity contribution is 0.310. The van der Waals surface area contributed by atoms with Crippen LogP contribution in [0.5, 0.6) is 5.75 Å². The van der Waals surface area contributed by atoms with Crippen LogP contribution in [0.25, 0.3) is 0 Å². The van der Waals surface area contributed by atoms with Crippen molar-refractivity contribution in [2.24, 2.45) is 0 Å². The number of aryl methyl sites for hydroxylation is 1. The van der Waals surface area contributed by atoms with Gasteiger partial charge in [0.1, 0.15) is 5.75 Å². The topological polar surface area (TPSA) is 56.8 Å². The van der Waals surface area contributed by atoms with Crippen molar-refractivity contribution in [3.63, 3.8) is 0 Å². The van der Waals surface area contributed by atoms with Gasteiger partial charge < -0.3 is 4.74 Å². The highest BCUT2D eigenvalue weighted by Crippen LogP contribution is 2.19. The SMILES string of the molecule is Cc1ccc(C#N)cc1OCCCC#N. The van der Waals surface area contributed by atoms with E-state index in [0.29, 0.717) is 25.0 Å². The minimum absolute atomic E-state index is 0.497. The Kier molecular flexibility index (Phi) is 4.19. The van der Waals surface area contributed by atoms with Crippen LogP contribution in [-0.4, -0.2) is 6.61 Å². The minimum atomic E-state index is 0.497. The van der Waals surface area contributed by atoms with E-state index in [1.807, 2.05) is 13.0 Å². The Hall–Kier alpha value is -2.00. The van der Waals surface area contributed by atoms with Gasteiger partial charge in [0, 0.05) is 6.42 Å². The van der Waals surface area contributed by atoms with Gasteiger partial charge in [0.05, 0.1) is 24.3 Å². The fourth-order valence-corrected chi connectivity index (χ4v) is 1.16. The largest absolute Gasteiger partial charge is 0.493 e. The molecule has 0 spiro atoms. The van der Waals surface area contributed by atoms with Crippen LogP contribution in [0.4, 0.5) is 0 Å². The van der Waals surface area contributed by atoms with E-state index in [2.05, 4.69) is 12.1 Å². The number of hydrogen-bond donors (Lipinski definition) is 0. The Bertz CT molecular complexity index is 413. The Morgan fingerprint density at radius 3 is 2.80 bits per heavy atom. The van der Waals surface area contributed by atoms with Crippen molar-refractivity contribution >= 4 is 0 Å². The van der Waals surface area contributed by atoms with Crippen LogP contribution in [0.3, 0.4) is 0 Å². The quantitative estimate of drug-likeness (QED) is 0.702. The van der Waals surface area contributed by atoms with E-state index >= 15 is 0 Å². The third kappa shape index (κ3) is 3.32. The maximum absolute atomic E-state index is 8.71. The zero-order valence-electron chi connectivity index (χ0n) is 8.66. The average Bonchev–Trinajstić information content (AvgIpc) is 2.26. The summed E-state index contributed by atoms with van der Waals surface area (Å²) in [4.78, 5) is 0. The molecule has 3 nitrogen and oxygen atoms in total. The van der Waals surface area contributed by atoms with Gasteiger partial charge in [-0.15, -0.1) is 0 Å². The molecule has 0 N–H and O–H groups in total. The first-order chi connectivity index (χ1) is 7.27. The van der Waals surface area contributed by atoms with E-state index in [4.69, 9.17) is 15.3 Å². The first kappa shape index (κ1) is 11.1. The van der Waals surface area contributed by atoms with E-state index in [-0.39, 0.29) is 0 Å². The lowest BCUT2D eigenvalue weighted by atomic mass is 10.1. The molecule has 0 fully saturated rings. The predicted molar refractivity (Wildman–Crippen MR) is 56.2 cm³/mol. The molecular formula is C12H12N2O. The first-order valence-corrected chi connectivity index (χ1v) is 4.78. The predicted octanol–water partition coefficient (Wildman–Crippen LogP) is 2.55. The number of hydrogen-bond acceptors (Lipinski definition) is 3. The molecule has 0 aromatic heterocycles. The smallest absolute Gasteiger partial charge is 0.123 e. The van der Waals surface area contributed by atoms with Gasteiger partial charge in [-0.3, -0.25) is 0 Å². The summed E-state index contributed by atoms with van der Waals surface area (Å²) in [5.41, 5.74) is 1.60. The molecule has 1 rings (SSSR count). The summed E-state index contributed by atoms with van der Waals surface area (Å²) < 4.78 is 5.48. The number of nitriles is 2. The molecule has 1 aromatic rings. The van der Waals surface area contributed by atoms with Crippen molar-refractivity contribution in [2.45, 2.75) is 19.8 Å². The van der Waals surface area contributed by atoms with Gasteiger partial charge in [-0.25, -0.2) is 0 Å². The maximum atomic E-state index is 8.71. The highest BCUT2D eigenvalue weighted by atomic mass is 16.5. The molecule has 15 heavy (non-hydrogen) atoms. The number of rotatable bonds is 4. The van der Waals surface area contributed by atoms with Crippen molar-refractivity contribution in [3.8, 4) is 17.9 Å². The fourth-order valence-electron chi connectivity index (χ4n) is 1.16. The maximum Gasteiger partial charge on any atom is 0.123 e. The summed E-state index contributed by atoms with van der Waals surface area (Å²) in [6.07, 6.45) is 1.21. The van der Waals surface area contributed by atoms with Gasteiger partial charge in [-0.1, -0.05) is 6.07 Å². The minimum Gasteiger partial charge on any atom is -0.493 e. The molecule has 0 unspecified atom stereocenters. The van der Waals surface area contributed by atoms with Crippen LogP contribution >= 0.6 is 0 Å². The van der Waals surface area contributed by atoms with Crippen LogP contribution in [0.1, 0.15) is 24.0 Å². The average molecular weight is 200 g/mol. The van der Waals surface area contributed by atoms with E-state index in [1.165, 1.54) is 0 Å². The van der Waals surface area contributed by atoms with Crippen LogP contribution < -0.4 is 4.74 Å². The molecule has 1 aromatic carbocycles.